The molecule has 9 heteroatoms. The molecule has 134 valence electrons. The number of aliphatic hydroxyl groups excluding tert-OH is 1. The van der Waals surface area contributed by atoms with Crippen molar-refractivity contribution in [3.8, 4) is 5.75 Å². The average Bonchev–Trinajstić information content (AvgIpc) is 3.09. The summed E-state index contributed by atoms with van der Waals surface area (Å²) < 4.78 is 20.5. The van der Waals surface area contributed by atoms with Gasteiger partial charge in [-0.3, -0.25) is 4.79 Å². The predicted molar refractivity (Wildman–Crippen MR) is 85.0 cm³/mol. The Balaban J connectivity index is 1.73. The van der Waals surface area contributed by atoms with E-state index in [0.717, 1.165) is 0 Å². The van der Waals surface area contributed by atoms with Gasteiger partial charge in [-0.1, -0.05) is 0 Å². The number of halogens is 1. The standard InChI is InChI=1S/C16H20FN5O3/c1-25-14-3-2-11(17)8-13(14)16(10-6-12(23)7-10)19-15(24)4-5-22-9-18-20-21-22/h2-3,8-10,12,16,23H,4-7H2,1H3,(H,19,24). The number of nitrogens with zero attached hydrogens (tertiary/aromatic N) is 4. The smallest absolute Gasteiger partial charge is 0.222 e. The summed E-state index contributed by atoms with van der Waals surface area (Å²) >= 11 is 0. The first kappa shape index (κ1) is 17.3. The summed E-state index contributed by atoms with van der Waals surface area (Å²) in [6.07, 6.45) is 2.34. The number of tetrazole rings is 1. The van der Waals surface area contributed by atoms with E-state index in [1.54, 1.807) is 6.07 Å². The first-order valence-electron chi connectivity index (χ1n) is 8.08. The van der Waals surface area contributed by atoms with Crippen LogP contribution in [0, 0.1) is 11.7 Å². The number of carbonyl (C=O) groups excluding carboxylic acids is 1. The number of hydrogen-bond donors (Lipinski definition) is 2. The molecule has 1 fully saturated rings. The van der Waals surface area contributed by atoms with E-state index >= 15 is 0 Å². The molecule has 1 unspecified atom stereocenters. The Morgan fingerprint density at radius 3 is 2.96 bits per heavy atom. The Hall–Kier alpha value is -2.55. The minimum Gasteiger partial charge on any atom is -0.496 e. The minimum absolute atomic E-state index is 0.0303. The van der Waals surface area contributed by atoms with Crippen molar-refractivity contribution in [2.75, 3.05) is 7.11 Å². The van der Waals surface area contributed by atoms with Crippen LogP contribution in [-0.2, 0) is 11.3 Å². The fourth-order valence-corrected chi connectivity index (χ4v) is 3.04. The zero-order chi connectivity index (χ0) is 17.8. The number of methoxy groups -OCH3 is 1. The molecule has 1 saturated carbocycles. The first-order valence-corrected chi connectivity index (χ1v) is 8.08. The highest BCUT2D eigenvalue weighted by Crippen LogP contribution is 2.41. The van der Waals surface area contributed by atoms with E-state index in [9.17, 15) is 14.3 Å². The maximum atomic E-state index is 13.7. The second-order valence-electron chi connectivity index (χ2n) is 6.14. The van der Waals surface area contributed by atoms with Crippen LogP contribution in [-0.4, -0.2) is 44.4 Å². The molecule has 0 bridgehead atoms. The molecule has 0 spiro atoms. The lowest BCUT2D eigenvalue weighted by molar-refractivity contribution is -0.123. The molecule has 8 nitrogen and oxygen atoms in total. The van der Waals surface area contributed by atoms with E-state index in [0.29, 0.717) is 30.7 Å². The van der Waals surface area contributed by atoms with Crippen molar-refractivity contribution in [3.05, 3.63) is 35.9 Å². The maximum absolute atomic E-state index is 13.7. The van der Waals surface area contributed by atoms with Crippen molar-refractivity contribution < 1.29 is 19.0 Å². The largest absolute Gasteiger partial charge is 0.496 e. The molecule has 1 aromatic heterocycles. The van der Waals surface area contributed by atoms with Crippen LogP contribution in [0.15, 0.2) is 24.5 Å². The third-order valence-corrected chi connectivity index (χ3v) is 4.42. The third kappa shape index (κ3) is 4.11. The van der Waals surface area contributed by atoms with Gasteiger partial charge in [0.05, 0.1) is 25.8 Å². The molecule has 2 N–H and O–H groups in total. The summed E-state index contributed by atoms with van der Waals surface area (Å²) in [5, 5.41) is 23.3. The number of aryl methyl sites for hydroxylation is 1. The van der Waals surface area contributed by atoms with Crippen LogP contribution in [0.2, 0.25) is 0 Å². The van der Waals surface area contributed by atoms with Crippen LogP contribution in [0.3, 0.4) is 0 Å². The van der Waals surface area contributed by atoms with Gasteiger partial charge < -0.3 is 15.2 Å². The van der Waals surface area contributed by atoms with Gasteiger partial charge in [0.15, 0.2) is 0 Å². The lowest BCUT2D eigenvalue weighted by Gasteiger charge is -2.38. The van der Waals surface area contributed by atoms with Gasteiger partial charge in [0.25, 0.3) is 0 Å². The molecule has 1 atom stereocenters. The number of hydrogen-bond acceptors (Lipinski definition) is 6. The van der Waals surface area contributed by atoms with Crippen LogP contribution in [0.25, 0.3) is 0 Å². The molecule has 1 aliphatic carbocycles. The van der Waals surface area contributed by atoms with Crippen LogP contribution in [0.1, 0.15) is 30.9 Å². The van der Waals surface area contributed by atoms with Crippen LogP contribution in [0.4, 0.5) is 4.39 Å². The number of amides is 1. The summed E-state index contributed by atoms with van der Waals surface area (Å²) in [7, 11) is 1.50. The lowest BCUT2D eigenvalue weighted by Crippen LogP contribution is -2.41. The van der Waals surface area contributed by atoms with Gasteiger partial charge in [-0.25, -0.2) is 9.07 Å². The van der Waals surface area contributed by atoms with Gasteiger partial charge >= 0.3 is 0 Å². The summed E-state index contributed by atoms with van der Waals surface area (Å²) in [5.74, 6) is -0.0620. The summed E-state index contributed by atoms with van der Waals surface area (Å²) in [5.41, 5.74) is 0.579. The van der Waals surface area contributed by atoms with Crippen LogP contribution in [0.5, 0.6) is 5.75 Å². The van der Waals surface area contributed by atoms with E-state index in [1.807, 2.05) is 0 Å². The van der Waals surface area contributed by atoms with E-state index in [4.69, 9.17) is 4.74 Å². The van der Waals surface area contributed by atoms with E-state index in [2.05, 4.69) is 20.8 Å². The highest BCUT2D eigenvalue weighted by atomic mass is 19.1. The van der Waals surface area contributed by atoms with Crippen molar-refractivity contribution >= 4 is 5.91 Å². The van der Waals surface area contributed by atoms with Crippen molar-refractivity contribution in [2.45, 2.75) is 38.0 Å². The number of aliphatic hydroxyl groups is 1. The van der Waals surface area contributed by atoms with Gasteiger partial charge in [0, 0.05) is 12.0 Å². The molecule has 3 rings (SSSR count). The maximum Gasteiger partial charge on any atom is 0.222 e. The van der Waals surface area contributed by atoms with E-state index < -0.39 is 11.9 Å². The number of benzene rings is 1. The number of rotatable bonds is 7. The van der Waals surface area contributed by atoms with Crippen molar-refractivity contribution in [1.82, 2.24) is 25.5 Å². The fourth-order valence-electron chi connectivity index (χ4n) is 3.04. The summed E-state index contributed by atoms with van der Waals surface area (Å²) in [6, 6.07) is 3.81. The summed E-state index contributed by atoms with van der Waals surface area (Å²) in [4.78, 5) is 12.3. The Morgan fingerprint density at radius 2 is 2.32 bits per heavy atom. The third-order valence-electron chi connectivity index (χ3n) is 4.42. The summed E-state index contributed by atoms with van der Waals surface area (Å²) in [6.45, 7) is 0.346. The van der Waals surface area contributed by atoms with Crippen molar-refractivity contribution in [1.29, 1.82) is 0 Å². The van der Waals surface area contributed by atoms with Crippen LogP contribution >= 0.6 is 0 Å². The number of carbonyl (C=O) groups is 1. The molecule has 1 amide bonds. The Bertz CT molecular complexity index is 719. The Morgan fingerprint density at radius 1 is 1.52 bits per heavy atom. The topological polar surface area (TPSA) is 102 Å². The monoisotopic (exact) mass is 349 g/mol. The molecule has 0 radical (unpaired) electrons. The van der Waals surface area contributed by atoms with Gasteiger partial charge in [0.1, 0.15) is 17.9 Å². The van der Waals surface area contributed by atoms with Gasteiger partial charge in [-0.2, -0.15) is 0 Å². The highest BCUT2D eigenvalue weighted by molar-refractivity contribution is 5.76. The average molecular weight is 349 g/mol. The van der Waals surface area contributed by atoms with E-state index in [1.165, 1.54) is 30.3 Å². The molecule has 1 aliphatic rings. The molecule has 2 aromatic rings. The second kappa shape index (κ2) is 7.56. The molecule has 25 heavy (non-hydrogen) atoms. The Labute approximate surface area is 144 Å². The van der Waals surface area contributed by atoms with E-state index in [-0.39, 0.29) is 24.3 Å². The Kier molecular flexibility index (Phi) is 5.22. The van der Waals surface area contributed by atoms with Crippen LogP contribution < -0.4 is 10.1 Å². The molecular weight excluding hydrogens is 329 g/mol. The zero-order valence-corrected chi connectivity index (χ0v) is 13.8. The molecule has 0 aliphatic heterocycles. The number of nitrogens with one attached hydrogen (secondary N) is 1. The van der Waals surface area contributed by atoms with Crippen molar-refractivity contribution in [3.63, 3.8) is 0 Å². The SMILES string of the molecule is COc1ccc(F)cc1C(NC(=O)CCn1cnnn1)C1CC(O)C1. The van der Waals surface area contributed by atoms with Gasteiger partial charge in [-0.05, 0) is 47.4 Å². The predicted octanol–water partition coefficient (Wildman–Crippen LogP) is 0.839. The van der Waals surface area contributed by atoms with Gasteiger partial charge in [0.2, 0.25) is 5.91 Å². The number of ether oxygens (including phenoxy) is 1. The minimum atomic E-state index is -0.421. The quantitative estimate of drug-likeness (QED) is 0.768. The molecular formula is C16H20FN5O3. The lowest BCUT2D eigenvalue weighted by atomic mass is 9.74. The van der Waals surface area contributed by atoms with Crippen molar-refractivity contribution in [2.24, 2.45) is 5.92 Å². The zero-order valence-electron chi connectivity index (χ0n) is 13.8. The number of aromatic nitrogens is 4. The molecule has 1 aromatic carbocycles. The fraction of sp³-hybridized carbons (Fsp3) is 0.500. The highest BCUT2D eigenvalue weighted by Gasteiger charge is 2.37. The molecule has 1 heterocycles. The van der Waals surface area contributed by atoms with Gasteiger partial charge in [-0.15, -0.1) is 5.10 Å². The normalized spacial score (nSPS) is 20.6. The second-order valence-corrected chi connectivity index (χ2v) is 6.14. The molecule has 0 saturated heterocycles. The first-order chi connectivity index (χ1) is 12.1.